The SMILES string of the molecule is CN1CCC(c2c[nH]c3cccc(O)c23)C1. The molecule has 16 heavy (non-hydrogen) atoms. The zero-order chi connectivity index (χ0) is 11.1. The summed E-state index contributed by atoms with van der Waals surface area (Å²) in [6.07, 6.45) is 3.23. The lowest BCUT2D eigenvalue weighted by atomic mass is 9.97. The van der Waals surface area contributed by atoms with Crippen molar-refractivity contribution in [2.24, 2.45) is 0 Å². The number of hydrogen-bond acceptors (Lipinski definition) is 2. The second kappa shape index (κ2) is 3.52. The van der Waals surface area contributed by atoms with Crippen LogP contribution in [-0.2, 0) is 0 Å². The van der Waals surface area contributed by atoms with E-state index in [4.69, 9.17) is 0 Å². The Kier molecular flexibility index (Phi) is 2.14. The Labute approximate surface area is 94.7 Å². The number of likely N-dealkylation sites (N-methyl/N-ethyl adjacent to an activating group) is 1. The molecular formula is C13H16N2O. The van der Waals surface area contributed by atoms with Crippen LogP contribution in [0.4, 0.5) is 0 Å². The zero-order valence-corrected chi connectivity index (χ0v) is 9.40. The Morgan fingerprint density at radius 2 is 2.31 bits per heavy atom. The smallest absolute Gasteiger partial charge is 0.125 e. The van der Waals surface area contributed by atoms with E-state index in [0.29, 0.717) is 11.7 Å². The topological polar surface area (TPSA) is 39.3 Å². The third-order valence-electron chi connectivity index (χ3n) is 3.55. The first-order valence-corrected chi connectivity index (χ1v) is 5.73. The van der Waals surface area contributed by atoms with E-state index in [1.54, 1.807) is 6.07 Å². The number of nitrogens with one attached hydrogen (secondary N) is 1. The van der Waals surface area contributed by atoms with Crippen LogP contribution in [0.5, 0.6) is 5.75 Å². The fourth-order valence-electron chi connectivity index (χ4n) is 2.70. The summed E-state index contributed by atoms with van der Waals surface area (Å²) in [7, 11) is 2.15. The number of fused-ring (bicyclic) bond motifs is 1. The number of aromatic hydroxyl groups is 1. The van der Waals surface area contributed by atoms with Gasteiger partial charge in [0.1, 0.15) is 5.75 Å². The Morgan fingerprint density at radius 3 is 3.06 bits per heavy atom. The van der Waals surface area contributed by atoms with Gasteiger partial charge < -0.3 is 15.0 Å². The van der Waals surface area contributed by atoms with Gasteiger partial charge in [-0.15, -0.1) is 0 Å². The molecule has 3 rings (SSSR count). The molecule has 0 amide bonds. The molecule has 1 aliphatic heterocycles. The molecule has 0 spiro atoms. The number of hydrogen-bond donors (Lipinski definition) is 2. The van der Waals surface area contributed by atoms with Crippen molar-refractivity contribution in [1.82, 2.24) is 9.88 Å². The first-order valence-electron chi connectivity index (χ1n) is 5.73. The maximum atomic E-state index is 9.93. The molecule has 1 aliphatic rings. The number of benzene rings is 1. The van der Waals surface area contributed by atoms with Gasteiger partial charge in [-0.25, -0.2) is 0 Å². The van der Waals surface area contributed by atoms with Crippen molar-refractivity contribution in [3.8, 4) is 5.75 Å². The number of aromatic nitrogens is 1. The van der Waals surface area contributed by atoms with Crippen LogP contribution in [0.3, 0.4) is 0 Å². The van der Waals surface area contributed by atoms with Crippen molar-refractivity contribution in [3.05, 3.63) is 30.0 Å². The number of rotatable bonds is 1. The highest BCUT2D eigenvalue weighted by molar-refractivity contribution is 5.89. The van der Waals surface area contributed by atoms with Crippen LogP contribution < -0.4 is 0 Å². The minimum atomic E-state index is 0.392. The average molecular weight is 216 g/mol. The lowest BCUT2D eigenvalue weighted by molar-refractivity contribution is 0.411. The number of nitrogens with zero attached hydrogens (tertiary/aromatic N) is 1. The van der Waals surface area contributed by atoms with Gasteiger partial charge in [0, 0.05) is 29.6 Å². The summed E-state index contributed by atoms with van der Waals surface area (Å²) in [5, 5.41) is 10.9. The second-order valence-electron chi connectivity index (χ2n) is 4.69. The summed E-state index contributed by atoms with van der Waals surface area (Å²) in [5.74, 6) is 0.940. The molecule has 3 heteroatoms. The Balaban J connectivity index is 2.10. The summed E-state index contributed by atoms with van der Waals surface area (Å²) < 4.78 is 0. The van der Waals surface area contributed by atoms with Crippen LogP contribution in [0.2, 0.25) is 0 Å². The van der Waals surface area contributed by atoms with E-state index in [-0.39, 0.29) is 0 Å². The van der Waals surface area contributed by atoms with Crippen molar-refractivity contribution in [3.63, 3.8) is 0 Å². The maximum absolute atomic E-state index is 9.93. The molecule has 2 aromatic rings. The van der Waals surface area contributed by atoms with E-state index in [2.05, 4.69) is 16.9 Å². The van der Waals surface area contributed by atoms with Gasteiger partial charge >= 0.3 is 0 Å². The number of H-pyrrole nitrogens is 1. The highest BCUT2D eigenvalue weighted by atomic mass is 16.3. The van der Waals surface area contributed by atoms with Crippen LogP contribution in [0.25, 0.3) is 10.9 Å². The van der Waals surface area contributed by atoms with Crippen LogP contribution in [0.15, 0.2) is 24.4 Å². The van der Waals surface area contributed by atoms with Crippen LogP contribution in [-0.4, -0.2) is 35.1 Å². The summed E-state index contributed by atoms with van der Waals surface area (Å²) >= 11 is 0. The lowest BCUT2D eigenvalue weighted by Gasteiger charge is -2.09. The van der Waals surface area contributed by atoms with Gasteiger partial charge in [-0.05, 0) is 37.7 Å². The van der Waals surface area contributed by atoms with Crippen molar-refractivity contribution < 1.29 is 5.11 Å². The zero-order valence-electron chi connectivity index (χ0n) is 9.40. The largest absolute Gasteiger partial charge is 0.507 e. The van der Waals surface area contributed by atoms with E-state index < -0.39 is 0 Å². The average Bonchev–Trinajstić information content (AvgIpc) is 2.84. The molecule has 2 N–H and O–H groups in total. The van der Waals surface area contributed by atoms with E-state index in [1.807, 2.05) is 18.3 Å². The second-order valence-corrected chi connectivity index (χ2v) is 4.69. The Bertz CT molecular complexity index is 518. The van der Waals surface area contributed by atoms with Gasteiger partial charge in [0.05, 0.1) is 0 Å². The third kappa shape index (κ3) is 1.39. The fraction of sp³-hybridized carbons (Fsp3) is 0.385. The highest BCUT2D eigenvalue weighted by Gasteiger charge is 2.24. The first kappa shape index (κ1) is 9.73. The molecule has 0 radical (unpaired) electrons. The molecule has 1 unspecified atom stereocenters. The van der Waals surface area contributed by atoms with Gasteiger partial charge in [0.15, 0.2) is 0 Å². The van der Waals surface area contributed by atoms with E-state index >= 15 is 0 Å². The van der Waals surface area contributed by atoms with E-state index in [0.717, 1.165) is 24.0 Å². The van der Waals surface area contributed by atoms with Gasteiger partial charge in [-0.2, -0.15) is 0 Å². The maximum Gasteiger partial charge on any atom is 0.125 e. The predicted octanol–water partition coefficient (Wildman–Crippen LogP) is 2.29. The number of phenolic OH excluding ortho intramolecular Hbond substituents is 1. The molecule has 0 bridgehead atoms. The Morgan fingerprint density at radius 1 is 1.44 bits per heavy atom. The molecule has 3 nitrogen and oxygen atoms in total. The van der Waals surface area contributed by atoms with Crippen molar-refractivity contribution in [2.45, 2.75) is 12.3 Å². The highest BCUT2D eigenvalue weighted by Crippen LogP contribution is 2.36. The monoisotopic (exact) mass is 216 g/mol. The fourth-order valence-corrected chi connectivity index (χ4v) is 2.70. The van der Waals surface area contributed by atoms with Crippen LogP contribution >= 0.6 is 0 Å². The summed E-state index contributed by atoms with van der Waals surface area (Å²) in [4.78, 5) is 5.58. The lowest BCUT2D eigenvalue weighted by Crippen LogP contribution is -2.13. The molecule has 0 aliphatic carbocycles. The molecular weight excluding hydrogens is 200 g/mol. The quantitative estimate of drug-likeness (QED) is 0.767. The molecule has 1 aromatic heterocycles. The Hall–Kier alpha value is -1.48. The first-order chi connectivity index (χ1) is 7.75. The molecule has 2 heterocycles. The van der Waals surface area contributed by atoms with Crippen LogP contribution in [0, 0.1) is 0 Å². The van der Waals surface area contributed by atoms with Gasteiger partial charge in [0.25, 0.3) is 0 Å². The minimum absolute atomic E-state index is 0.392. The normalized spacial score (nSPS) is 21.9. The van der Waals surface area contributed by atoms with Crippen LogP contribution in [0.1, 0.15) is 17.9 Å². The molecule has 1 fully saturated rings. The number of phenols is 1. The molecule has 84 valence electrons. The number of aromatic amines is 1. The molecule has 0 saturated carbocycles. The van der Waals surface area contributed by atoms with Crippen molar-refractivity contribution in [2.75, 3.05) is 20.1 Å². The summed E-state index contributed by atoms with van der Waals surface area (Å²) in [6.45, 7) is 2.23. The predicted molar refractivity (Wildman–Crippen MR) is 64.8 cm³/mol. The molecule has 1 aromatic carbocycles. The third-order valence-corrected chi connectivity index (χ3v) is 3.55. The minimum Gasteiger partial charge on any atom is -0.507 e. The van der Waals surface area contributed by atoms with E-state index in [1.165, 1.54) is 12.0 Å². The summed E-state index contributed by atoms with van der Waals surface area (Å²) in [6, 6.07) is 5.65. The summed E-state index contributed by atoms with van der Waals surface area (Å²) in [5.41, 5.74) is 2.29. The standard InChI is InChI=1S/C13H16N2O/c1-15-6-5-9(8-15)10-7-14-11-3-2-4-12(16)13(10)11/h2-4,7,9,14,16H,5-6,8H2,1H3. The number of likely N-dealkylation sites (tertiary alicyclic amines) is 1. The molecule has 1 saturated heterocycles. The van der Waals surface area contributed by atoms with Crippen molar-refractivity contribution >= 4 is 10.9 Å². The molecule has 1 atom stereocenters. The van der Waals surface area contributed by atoms with Gasteiger partial charge in [-0.1, -0.05) is 6.07 Å². The van der Waals surface area contributed by atoms with Crippen molar-refractivity contribution in [1.29, 1.82) is 0 Å². The van der Waals surface area contributed by atoms with Gasteiger partial charge in [0.2, 0.25) is 0 Å². The van der Waals surface area contributed by atoms with Gasteiger partial charge in [-0.3, -0.25) is 0 Å². The van der Waals surface area contributed by atoms with E-state index in [9.17, 15) is 5.11 Å².